The van der Waals surface area contributed by atoms with Crippen molar-refractivity contribution in [3.63, 3.8) is 0 Å². The minimum absolute atomic E-state index is 0.0193. The van der Waals surface area contributed by atoms with Crippen molar-refractivity contribution >= 4 is 38.4 Å². The first-order valence-corrected chi connectivity index (χ1v) is 10.1. The predicted molar refractivity (Wildman–Crippen MR) is 109 cm³/mol. The van der Waals surface area contributed by atoms with Gasteiger partial charge in [-0.05, 0) is 36.2 Å². The van der Waals surface area contributed by atoms with Crippen molar-refractivity contribution in [2.24, 2.45) is 0 Å². The lowest BCUT2D eigenvalue weighted by atomic mass is 9.81. The first kappa shape index (κ1) is 16.4. The van der Waals surface area contributed by atoms with Crippen LogP contribution < -0.4 is 5.56 Å². The van der Waals surface area contributed by atoms with Crippen LogP contribution in [0.25, 0.3) is 26.4 Å². The monoisotopic (exact) mass is 402 g/mol. The Balaban J connectivity index is 1.55. The summed E-state index contributed by atoms with van der Waals surface area (Å²) in [6.45, 7) is 0. The average Bonchev–Trinajstić information content (AvgIpc) is 3.46. The predicted octanol–water partition coefficient (Wildman–Crippen LogP) is 3.83. The van der Waals surface area contributed by atoms with E-state index >= 15 is 0 Å². The summed E-state index contributed by atoms with van der Waals surface area (Å²) in [7, 11) is 0. The SMILES string of the molecule is O=C1C[C@H](c2ccco2)Cc2c1cnc1[nH]n(-c3nc4ccccc4s3)c(=O)c21. The number of hydrogen-bond acceptors (Lipinski definition) is 6. The smallest absolute Gasteiger partial charge is 0.283 e. The minimum atomic E-state index is -0.240. The number of nitrogens with one attached hydrogen (secondary N) is 1. The van der Waals surface area contributed by atoms with Crippen molar-refractivity contribution < 1.29 is 9.21 Å². The Morgan fingerprint density at radius 1 is 1.14 bits per heavy atom. The molecule has 1 N–H and O–H groups in total. The van der Waals surface area contributed by atoms with E-state index in [1.54, 1.807) is 12.5 Å². The van der Waals surface area contributed by atoms with Crippen LogP contribution in [0.2, 0.25) is 0 Å². The van der Waals surface area contributed by atoms with E-state index in [1.807, 2.05) is 36.4 Å². The first-order chi connectivity index (χ1) is 14.2. The molecule has 8 heteroatoms. The van der Waals surface area contributed by atoms with E-state index < -0.39 is 0 Å². The zero-order valence-corrected chi connectivity index (χ0v) is 15.9. The molecule has 0 unspecified atom stereocenters. The highest BCUT2D eigenvalue weighted by molar-refractivity contribution is 7.20. The number of ketones is 1. The molecule has 0 saturated heterocycles. The molecule has 0 spiro atoms. The van der Waals surface area contributed by atoms with Crippen LogP contribution in [0.5, 0.6) is 0 Å². The Morgan fingerprint density at radius 2 is 2.03 bits per heavy atom. The van der Waals surface area contributed by atoms with Crippen molar-refractivity contribution in [3.05, 3.63) is 76.1 Å². The normalized spacial score (nSPS) is 16.6. The first-order valence-electron chi connectivity index (χ1n) is 9.24. The summed E-state index contributed by atoms with van der Waals surface area (Å²) in [4.78, 5) is 34.9. The Kier molecular flexibility index (Phi) is 3.39. The van der Waals surface area contributed by atoms with Crippen molar-refractivity contribution in [1.29, 1.82) is 0 Å². The summed E-state index contributed by atoms with van der Waals surface area (Å²) in [6, 6.07) is 11.4. The molecule has 29 heavy (non-hydrogen) atoms. The summed E-state index contributed by atoms with van der Waals surface area (Å²) in [5, 5.41) is 4.06. The van der Waals surface area contributed by atoms with Gasteiger partial charge in [0.2, 0.25) is 5.13 Å². The number of aromatic amines is 1. The maximum absolute atomic E-state index is 13.3. The molecule has 6 rings (SSSR count). The summed E-state index contributed by atoms with van der Waals surface area (Å²) in [6.07, 6.45) is 4.08. The van der Waals surface area contributed by atoms with Crippen LogP contribution >= 0.6 is 11.3 Å². The fourth-order valence-electron chi connectivity index (χ4n) is 4.05. The molecule has 1 aliphatic rings. The number of hydrogen-bond donors (Lipinski definition) is 1. The second kappa shape index (κ2) is 5.99. The molecular weight excluding hydrogens is 388 g/mol. The lowest BCUT2D eigenvalue weighted by molar-refractivity contribution is 0.0960. The van der Waals surface area contributed by atoms with Crippen LogP contribution in [0.15, 0.2) is 58.1 Å². The fraction of sp³-hybridized carbons (Fsp3) is 0.143. The van der Waals surface area contributed by atoms with Gasteiger partial charge >= 0.3 is 0 Å². The number of rotatable bonds is 2. The van der Waals surface area contributed by atoms with Crippen LogP contribution in [0.3, 0.4) is 0 Å². The van der Waals surface area contributed by atoms with Gasteiger partial charge < -0.3 is 4.42 Å². The van der Waals surface area contributed by atoms with E-state index in [1.165, 1.54) is 16.0 Å². The second-order valence-electron chi connectivity index (χ2n) is 7.13. The van der Waals surface area contributed by atoms with E-state index in [9.17, 15) is 9.59 Å². The average molecular weight is 402 g/mol. The van der Waals surface area contributed by atoms with Gasteiger partial charge in [0.15, 0.2) is 11.4 Å². The van der Waals surface area contributed by atoms with Crippen LogP contribution in [0.1, 0.15) is 34.0 Å². The number of para-hydroxylation sites is 1. The van der Waals surface area contributed by atoms with Gasteiger partial charge in [-0.15, -0.1) is 0 Å². The molecule has 5 aromatic rings. The van der Waals surface area contributed by atoms with Gasteiger partial charge in [-0.2, -0.15) is 4.68 Å². The fourth-order valence-corrected chi connectivity index (χ4v) is 4.98. The van der Waals surface area contributed by atoms with Crippen LogP contribution in [0, 0.1) is 0 Å². The number of aromatic nitrogens is 4. The molecular formula is C21H14N4O3S. The largest absolute Gasteiger partial charge is 0.469 e. The van der Waals surface area contributed by atoms with Gasteiger partial charge in [-0.25, -0.2) is 9.97 Å². The van der Waals surface area contributed by atoms with Crippen LogP contribution in [0.4, 0.5) is 0 Å². The van der Waals surface area contributed by atoms with Gasteiger partial charge in [0, 0.05) is 24.1 Å². The van der Waals surface area contributed by atoms with Crippen molar-refractivity contribution in [2.75, 3.05) is 0 Å². The number of fused-ring (bicyclic) bond motifs is 4. The maximum atomic E-state index is 13.3. The summed E-state index contributed by atoms with van der Waals surface area (Å²) >= 11 is 1.43. The number of nitrogens with zero attached hydrogens (tertiary/aromatic N) is 3. The molecule has 0 fully saturated rings. The Morgan fingerprint density at radius 3 is 2.86 bits per heavy atom. The highest BCUT2D eigenvalue weighted by atomic mass is 32.1. The molecule has 4 heterocycles. The van der Waals surface area contributed by atoms with Crippen molar-refractivity contribution in [1.82, 2.24) is 19.7 Å². The van der Waals surface area contributed by atoms with E-state index in [4.69, 9.17) is 4.42 Å². The topological polar surface area (TPSA) is 93.8 Å². The molecule has 0 amide bonds. The van der Waals surface area contributed by atoms with Crippen molar-refractivity contribution in [2.45, 2.75) is 18.8 Å². The Bertz CT molecular complexity index is 1430. The highest BCUT2D eigenvalue weighted by Gasteiger charge is 2.31. The van der Waals surface area contributed by atoms with Gasteiger partial charge in [0.1, 0.15) is 5.76 Å². The molecule has 1 aliphatic carbocycles. The molecule has 0 aliphatic heterocycles. The molecule has 0 saturated carbocycles. The lowest BCUT2D eigenvalue weighted by Crippen LogP contribution is -2.21. The van der Waals surface area contributed by atoms with Crippen molar-refractivity contribution in [3.8, 4) is 5.13 Å². The van der Waals surface area contributed by atoms with E-state index in [2.05, 4.69) is 15.1 Å². The molecule has 4 aromatic heterocycles. The van der Waals surface area contributed by atoms with Crippen LogP contribution in [-0.2, 0) is 6.42 Å². The standard InChI is InChI=1S/C21H14N4O3S/c26-15-9-11(16-5-3-7-28-16)8-12-13(15)10-22-19-18(12)20(27)25(24-19)21-23-14-4-1-2-6-17(14)29-21/h1-7,10-11H,8-9H2,(H,22,24)/t11-/m1/s1. The van der Waals surface area contributed by atoms with Gasteiger partial charge in [0.05, 0.1) is 21.9 Å². The molecule has 0 radical (unpaired) electrons. The van der Waals surface area contributed by atoms with E-state index in [0.717, 1.165) is 21.5 Å². The summed E-state index contributed by atoms with van der Waals surface area (Å²) in [5.41, 5.74) is 2.31. The van der Waals surface area contributed by atoms with Crippen LogP contribution in [-0.4, -0.2) is 25.5 Å². The summed E-state index contributed by atoms with van der Waals surface area (Å²) < 4.78 is 7.94. The van der Waals surface area contributed by atoms with E-state index in [0.29, 0.717) is 34.6 Å². The quantitative estimate of drug-likeness (QED) is 0.484. The zero-order valence-electron chi connectivity index (χ0n) is 15.1. The van der Waals surface area contributed by atoms with E-state index in [-0.39, 0.29) is 17.3 Å². The molecule has 1 atom stereocenters. The molecule has 7 nitrogen and oxygen atoms in total. The molecule has 0 bridgehead atoms. The second-order valence-corrected chi connectivity index (χ2v) is 8.14. The van der Waals surface area contributed by atoms with Gasteiger partial charge in [-0.3, -0.25) is 14.7 Å². The minimum Gasteiger partial charge on any atom is -0.469 e. The number of thiazole rings is 1. The number of pyridine rings is 1. The third-order valence-corrected chi connectivity index (χ3v) is 6.44. The Hall–Kier alpha value is -3.52. The molecule has 1 aromatic carbocycles. The van der Waals surface area contributed by atoms with Gasteiger partial charge in [0.25, 0.3) is 5.56 Å². The number of furan rings is 1. The zero-order chi connectivity index (χ0) is 19.5. The van der Waals surface area contributed by atoms with Gasteiger partial charge in [-0.1, -0.05) is 23.5 Å². The summed E-state index contributed by atoms with van der Waals surface area (Å²) in [5.74, 6) is 0.658. The highest BCUT2D eigenvalue weighted by Crippen LogP contribution is 2.35. The third-order valence-electron chi connectivity index (χ3n) is 5.42. The number of H-pyrrole nitrogens is 1. The number of carbonyl (C=O) groups is 1. The lowest BCUT2D eigenvalue weighted by Gasteiger charge is -2.21. The number of Topliss-reactive ketones (excluding diaryl/α,β-unsaturated/α-hetero) is 1. The maximum Gasteiger partial charge on any atom is 0.283 e. The number of benzene rings is 1. The number of carbonyl (C=O) groups excluding carboxylic acids is 1. The Labute approximate surface area is 167 Å². The molecule has 142 valence electrons. The third kappa shape index (κ3) is 2.42.